The van der Waals surface area contributed by atoms with E-state index in [4.69, 9.17) is 16.3 Å². The van der Waals surface area contributed by atoms with Gasteiger partial charge in [0.25, 0.3) is 0 Å². The van der Waals surface area contributed by atoms with Crippen LogP contribution in [0.15, 0.2) is 61.1 Å². The number of ether oxygens (including phenoxy) is 1. The van der Waals surface area contributed by atoms with E-state index in [0.29, 0.717) is 36.7 Å². The maximum atomic E-state index is 13.0. The molecule has 2 aromatic heterocycles. The van der Waals surface area contributed by atoms with E-state index < -0.39 is 11.7 Å². The highest BCUT2D eigenvalue weighted by Crippen LogP contribution is 2.36. The third kappa shape index (κ3) is 6.69. The van der Waals surface area contributed by atoms with Gasteiger partial charge in [-0.05, 0) is 56.6 Å². The van der Waals surface area contributed by atoms with Gasteiger partial charge < -0.3 is 24.8 Å². The fourth-order valence-electron chi connectivity index (χ4n) is 3.63. The molecule has 4 rings (SSSR count). The van der Waals surface area contributed by atoms with E-state index in [1.807, 2.05) is 30.9 Å². The summed E-state index contributed by atoms with van der Waals surface area (Å²) in [5.74, 6) is 0.678. The molecule has 0 fully saturated rings. The molecule has 0 aliphatic heterocycles. The second kappa shape index (κ2) is 11.1. The van der Waals surface area contributed by atoms with Crippen molar-refractivity contribution in [3.63, 3.8) is 0 Å². The number of alkyl halides is 3. The number of likely N-dealkylation sites (N-methyl/N-ethyl adjacent to an activating group) is 1. The Morgan fingerprint density at radius 2 is 1.95 bits per heavy atom. The van der Waals surface area contributed by atoms with E-state index in [9.17, 15) is 18.0 Å². The van der Waals surface area contributed by atoms with Gasteiger partial charge in [-0.3, -0.25) is 4.79 Å². The summed E-state index contributed by atoms with van der Waals surface area (Å²) in [4.78, 5) is 22.4. The van der Waals surface area contributed by atoms with Crippen molar-refractivity contribution in [3.05, 3.63) is 71.6 Å². The molecular formula is C25H24ClF3N6O2. The Morgan fingerprint density at radius 1 is 1.14 bits per heavy atom. The molecule has 0 bridgehead atoms. The largest absolute Gasteiger partial charge is 0.456 e. The van der Waals surface area contributed by atoms with Crippen LogP contribution in [0.3, 0.4) is 0 Å². The smallest absolute Gasteiger partial charge is 0.416 e. The minimum absolute atomic E-state index is 0.0189. The van der Waals surface area contributed by atoms with E-state index in [1.54, 1.807) is 23.1 Å². The van der Waals surface area contributed by atoms with Gasteiger partial charge in [0, 0.05) is 25.0 Å². The Bertz CT molecular complexity index is 1410. The molecule has 0 aliphatic carbocycles. The van der Waals surface area contributed by atoms with Crippen molar-refractivity contribution >= 4 is 40.0 Å². The van der Waals surface area contributed by atoms with Crippen molar-refractivity contribution in [1.82, 2.24) is 24.8 Å². The van der Waals surface area contributed by atoms with Crippen LogP contribution in [-0.2, 0) is 17.5 Å². The molecule has 2 heterocycles. The number of hydrogen-bond donors (Lipinski definition) is 2. The molecule has 8 nitrogen and oxygen atoms in total. The summed E-state index contributed by atoms with van der Waals surface area (Å²) < 4.78 is 46.5. The van der Waals surface area contributed by atoms with Crippen LogP contribution in [0, 0.1) is 0 Å². The number of nitrogens with zero attached hydrogens (tertiary/aromatic N) is 4. The second-order valence-electron chi connectivity index (χ2n) is 8.45. The third-order valence-corrected chi connectivity index (χ3v) is 5.56. The first-order valence-corrected chi connectivity index (χ1v) is 11.6. The summed E-state index contributed by atoms with van der Waals surface area (Å²) in [6.07, 6.45) is -1.18. The quantitative estimate of drug-likeness (QED) is 0.304. The molecule has 2 aromatic carbocycles. The molecule has 0 spiro atoms. The number of nitrogens with one attached hydrogen (secondary N) is 2. The number of aromatic nitrogens is 3. The summed E-state index contributed by atoms with van der Waals surface area (Å²) in [5, 5.41) is 6.28. The van der Waals surface area contributed by atoms with Crippen molar-refractivity contribution in [3.8, 4) is 11.5 Å². The molecule has 0 radical (unpaired) electrons. The monoisotopic (exact) mass is 532 g/mol. The van der Waals surface area contributed by atoms with Crippen molar-refractivity contribution < 1.29 is 22.7 Å². The number of halogens is 4. The number of carbonyl (C=O) groups is 1. The topological polar surface area (TPSA) is 84.3 Å². The van der Waals surface area contributed by atoms with Crippen LogP contribution < -0.4 is 15.4 Å². The number of amides is 1. The summed E-state index contributed by atoms with van der Waals surface area (Å²) in [5.41, 5.74) is 1.23. The van der Waals surface area contributed by atoms with Gasteiger partial charge in [-0.15, -0.1) is 0 Å². The summed E-state index contributed by atoms with van der Waals surface area (Å²) >= 11 is 6.37. The van der Waals surface area contributed by atoms with Gasteiger partial charge in [-0.2, -0.15) is 13.2 Å². The van der Waals surface area contributed by atoms with Crippen LogP contribution in [0.2, 0.25) is 5.02 Å². The minimum atomic E-state index is -4.48. The van der Waals surface area contributed by atoms with Gasteiger partial charge in [-0.1, -0.05) is 17.7 Å². The number of hydrogen-bond acceptors (Lipinski definition) is 6. The van der Waals surface area contributed by atoms with Gasteiger partial charge >= 0.3 is 6.18 Å². The van der Waals surface area contributed by atoms with Crippen molar-refractivity contribution in [2.24, 2.45) is 0 Å². The number of rotatable bonds is 9. The zero-order valence-electron chi connectivity index (χ0n) is 20.0. The van der Waals surface area contributed by atoms with E-state index in [0.717, 1.165) is 17.6 Å². The first-order valence-electron chi connectivity index (χ1n) is 11.2. The maximum Gasteiger partial charge on any atom is 0.416 e. The Hall–Kier alpha value is -3.83. The maximum absolute atomic E-state index is 13.0. The van der Waals surface area contributed by atoms with Crippen LogP contribution in [0.4, 0.5) is 24.7 Å². The van der Waals surface area contributed by atoms with Crippen LogP contribution in [0.1, 0.15) is 5.56 Å². The number of fused-ring (bicyclic) bond motifs is 1. The highest BCUT2D eigenvalue weighted by molar-refractivity contribution is 6.32. The van der Waals surface area contributed by atoms with Gasteiger partial charge in [0.05, 0.1) is 22.6 Å². The van der Waals surface area contributed by atoms with E-state index in [1.165, 1.54) is 18.5 Å². The summed E-state index contributed by atoms with van der Waals surface area (Å²) in [6.45, 7) is 1.24. The lowest BCUT2D eigenvalue weighted by atomic mass is 10.2. The first kappa shape index (κ1) is 26.2. The molecule has 4 aromatic rings. The highest BCUT2D eigenvalue weighted by atomic mass is 35.5. The van der Waals surface area contributed by atoms with Crippen molar-refractivity contribution in [2.75, 3.05) is 32.5 Å². The summed E-state index contributed by atoms with van der Waals surface area (Å²) in [6, 6.07) is 11.3. The normalized spacial score (nSPS) is 11.6. The number of anilines is 2. The third-order valence-electron chi connectivity index (χ3n) is 5.27. The number of benzene rings is 2. The molecular weight excluding hydrogens is 509 g/mol. The molecule has 1 amide bonds. The Labute approximate surface area is 216 Å². The lowest BCUT2D eigenvalue weighted by Gasteiger charge is -2.14. The van der Waals surface area contributed by atoms with Crippen molar-refractivity contribution in [1.29, 1.82) is 0 Å². The number of carbonyl (C=O) groups excluding carboxylic acids is 1. The highest BCUT2D eigenvalue weighted by Gasteiger charge is 2.30. The lowest BCUT2D eigenvalue weighted by Crippen LogP contribution is -2.35. The zero-order valence-corrected chi connectivity index (χ0v) is 20.8. The minimum Gasteiger partial charge on any atom is -0.456 e. The molecule has 37 heavy (non-hydrogen) atoms. The molecule has 0 saturated heterocycles. The Balaban J connectivity index is 1.49. The fraction of sp³-hybridized carbons (Fsp3) is 0.240. The Kier molecular flexibility index (Phi) is 7.84. The van der Waals surface area contributed by atoms with Gasteiger partial charge in [0.1, 0.15) is 23.3 Å². The molecule has 194 valence electrons. The van der Waals surface area contributed by atoms with Crippen molar-refractivity contribution in [2.45, 2.75) is 12.7 Å². The molecule has 0 atom stereocenters. The summed E-state index contributed by atoms with van der Waals surface area (Å²) in [7, 11) is 3.65. The van der Waals surface area contributed by atoms with Gasteiger partial charge in [-0.25, -0.2) is 9.97 Å². The predicted molar refractivity (Wildman–Crippen MR) is 135 cm³/mol. The van der Waals surface area contributed by atoms with Crippen LogP contribution >= 0.6 is 11.6 Å². The standard InChI is InChI=1S/C25H24ClF3N6O2/c1-34(2)14-22(36)30-9-11-35-10-8-20-23(35)24(32-15-31-20)33-17-6-7-21(19(26)13-17)37-18-5-3-4-16(12-18)25(27,28)29/h3-8,10,12-13,15H,9,11,14H2,1-2H3,(H,30,36)(H,31,32,33). The second-order valence-corrected chi connectivity index (χ2v) is 8.86. The average molecular weight is 533 g/mol. The lowest BCUT2D eigenvalue weighted by molar-refractivity contribution is -0.137. The van der Waals surface area contributed by atoms with E-state index >= 15 is 0 Å². The zero-order chi connectivity index (χ0) is 26.6. The SMILES string of the molecule is CN(C)CC(=O)NCCn1ccc2ncnc(Nc3ccc(Oc4cccc(C(F)(F)F)c4)c(Cl)c3)c21. The predicted octanol–water partition coefficient (Wildman–Crippen LogP) is 5.32. The van der Waals surface area contributed by atoms with Crippen LogP contribution in [0.5, 0.6) is 11.5 Å². The molecule has 0 aliphatic rings. The first-order chi connectivity index (χ1) is 17.6. The molecule has 12 heteroatoms. The van der Waals surface area contributed by atoms with Crippen LogP contribution in [0.25, 0.3) is 11.0 Å². The van der Waals surface area contributed by atoms with Gasteiger partial charge in [0.2, 0.25) is 5.91 Å². The molecule has 0 unspecified atom stereocenters. The fourth-order valence-corrected chi connectivity index (χ4v) is 3.85. The molecule has 2 N–H and O–H groups in total. The molecule has 0 saturated carbocycles. The van der Waals surface area contributed by atoms with E-state index in [-0.39, 0.29) is 22.4 Å². The Morgan fingerprint density at radius 3 is 2.68 bits per heavy atom. The van der Waals surface area contributed by atoms with E-state index in [2.05, 4.69) is 20.6 Å². The van der Waals surface area contributed by atoms with Crippen LogP contribution in [-0.4, -0.2) is 52.5 Å². The average Bonchev–Trinajstić information content (AvgIpc) is 3.24. The van der Waals surface area contributed by atoms with Gasteiger partial charge in [0.15, 0.2) is 5.82 Å².